The number of esters is 1. The van der Waals surface area contributed by atoms with Crippen LogP contribution in [0.3, 0.4) is 0 Å². The van der Waals surface area contributed by atoms with Gasteiger partial charge in [-0.25, -0.2) is 0 Å². The molecule has 0 spiro atoms. The van der Waals surface area contributed by atoms with Gasteiger partial charge < -0.3 is 25.6 Å². The third-order valence-electron chi connectivity index (χ3n) is 5.10. The summed E-state index contributed by atoms with van der Waals surface area (Å²) in [7, 11) is 1.21. The molecule has 0 bridgehead atoms. The Balaban J connectivity index is 2.61. The molecule has 1 saturated heterocycles. The van der Waals surface area contributed by atoms with Gasteiger partial charge in [-0.3, -0.25) is 28.8 Å². The molecule has 32 heavy (non-hydrogen) atoms. The van der Waals surface area contributed by atoms with Crippen molar-refractivity contribution in [3.8, 4) is 0 Å². The highest BCUT2D eigenvalue weighted by molar-refractivity contribution is 6.28. The number of ether oxygens (including phenoxy) is 1. The lowest BCUT2D eigenvalue weighted by Crippen LogP contribution is -2.56. The van der Waals surface area contributed by atoms with Crippen molar-refractivity contribution in [1.29, 1.82) is 0 Å². The number of hydrogen-bond donors (Lipinski definition) is 3. The second-order valence-corrected chi connectivity index (χ2v) is 7.88. The number of ketones is 1. The lowest BCUT2D eigenvalue weighted by molar-refractivity contribution is -0.142. The van der Waals surface area contributed by atoms with Crippen LogP contribution in [0.4, 0.5) is 0 Å². The topological polar surface area (TPSA) is 151 Å². The number of alkyl halides is 1. The number of hydrogen-bond acceptors (Lipinski definition) is 7. The number of nitrogens with zero attached hydrogens (tertiary/aromatic N) is 1. The van der Waals surface area contributed by atoms with E-state index in [2.05, 4.69) is 20.7 Å². The van der Waals surface area contributed by atoms with Crippen LogP contribution in [0.1, 0.15) is 46.5 Å². The van der Waals surface area contributed by atoms with Crippen molar-refractivity contribution in [3.05, 3.63) is 0 Å². The zero-order chi connectivity index (χ0) is 24.4. The number of halogens is 1. The molecule has 1 rings (SSSR count). The van der Waals surface area contributed by atoms with Crippen molar-refractivity contribution in [1.82, 2.24) is 20.9 Å². The summed E-state index contributed by atoms with van der Waals surface area (Å²) in [5.74, 6) is -3.09. The molecular weight excluding hydrogens is 444 g/mol. The SMILES string of the molecule is COC(=O)CCC(=O)N[C@@H](C)C(=O)N[C@@H](C)C(=O)N1CCC[C@H]1C(=O)NC(C)C(=O)CCl. The van der Waals surface area contributed by atoms with Crippen LogP contribution in [0.15, 0.2) is 0 Å². The highest BCUT2D eigenvalue weighted by Crippen LogP contribution is 2.19. The van der Waals surface area contributed by atoms with Crippen LogP contribution in [0.25, 0.3) is 0 Å². The molecule has 1 unspecified atom stereocenters. The minimum Gasteiger partial charge on any atom is -0.469 e. The van der Waals surface area contributed by atoms with Crippen LogP contribution >= 0.6 is 11.6 Å². The largest absolute Gasteiger partial charge is 0.469 e. The van der Waals surface area contributed by atoms with Crippen LogP contribution < -0.4 is 16.0 Å². The normalized spacial score (nSPS) is 18.2. The molecule has 180 valence electrons. The fourth-order valence-electron chi connectivity index (χ4n) is 3.15. The minimum atomic E-state index is -0.938. The van der Waals surface area contributed by atoms with Crippen molar-refractivity contribution in [2.45, 2.75) is 70.6 Å². The highest BCUT2D eigenvalue weighted by Gasteiger charge is 2.37. The molecule has 0 aliphatic carbocycles. The molecule has 0 aromatic rings. The Bertz CT molecular complexity index is 745. The summed E-state index contributed by atoms with van der Waals surface area (Å²) in [5.41, 5.74) is 0. The number of rotatable bonds is 11. The van der Waals surface area contributed by atoms with Crippen molar-refractivity contribution >= 4 is 47.0 Å². The van der Waals surface area contributed by atoms with Gasteiger partial charge in [-0.05, 0) is 33.6 Å². The minimum absolute atomic E-state index is 0.112. The molecule has 1 fully saturated rings. The van der Waals surface area contributed by atoms with E-state index in [9.17, 15) is 28.8 Å². The molecule has 12 heteroatoms. The maximum Gasteiger partial charge on any atom is 0.306 e. The van der Waals surface area contributed by atoms with E-state index in [1.165, 1.54) is 32.8 Å². The first-order valence-corrected chi connectivity index (χ1v) is 10.9. The Morgan fingerprint density at radius 3 is 2.22 bits per heavy atom. The Labute approximate surface area is 191 Å². The lowest BCUT2D eigenvalue weighted by Gasteiger charge is -2.28. The number of nitrogens with one attached hydrogen (secondary N) is 3. The average molecular weight is 475 g/mol. The number of Topliss-reactive ketones (excluding diaryl/α,β-unsaturated/α-hetero) is 1. The van der Waals surface area contributed by atoms with Gasteiger partial charge in [0.1, 0.15) is 18.1 Å². The van der Waals surface area contributed by atoms with Gasteiger partial charge >= 0.3 is 5.97 Å². The quantitative estimate of drug-likeness (QED) is 0.263. The van der Waals surface area contributed by atoms with Crippen molar-refractivity contribution in [3.63, 3.8) is 0 Å². The highest BCUT2D eigenvalue weighted by atomic mass is 35.5. The van der Waals surface area contributed by atoms with E-state index in [1.807, 2.05) is 0 Å². The van der Waals surface area contributed by atoms with E-state index in [0.29, 0.717) is 19.4 Å². The maximum absolute atomic E-state index is 12.8. The number of methoxy groups -OCH3 is 1. The maximum atomic E-state index is 12.8. The standard InChI is InChI=1S/C20H31ClN4O7/c1-11(15(26)10-21)23-19(30)14-6-5-9-25(14)20(31)13(3)24-18(29)12(2)22-16(27)7-8-17(28)32-4/h11-14H,5-10H2,1-4H3,(H,22,27)(H,23,30)(H,24,29)/t11?,12-,13-,14-/m0/s1. The lowest BCUT2D eigenvalue weighted by atomic mass is 10.1. The number of carbonyl (C=O) groups excluding carboxylic acids is 6. The predicted octanol–water partition coefficient (Wildman–Crippen LogP) is -0.747. The Hall–Kier alpha value is -2.69. The second-order valence-electron chi connectivity index (χ2n) is 7.62. The fraction of sp³-hybridized carbons (Fsp3) is 0.700. The first-order valence-electron chi connectivity index (χ1n) is 10.4. The van der Waals surface area contributed by atoms with Gasteiger partial charge in [0, 0.05) is 13.0 Å². The molecule has 1 aliphatic rings. The zero-order valence-corrected chi connectivity index (χ0v) is 19.5. The predicted molar refractivity (Wildman–Crippen MR) is 115 cm³/mol. The summed E-state index contributed by atoms with van der Waals surface area (Å²) in [4.78, 5) is 73.6. The van der Waals surface area contributed by atoms with E-state index >= 15 is 0 Å². The van der Waals surface area contributed by atoms with Crippen LogP contribution in [-0.2, 0) is 33.5 Å². The second kappa shape index (κ2) is 13.0. The third-order valence-corrected chi connectivity index (χ3v) is 5.36. The Morgan fingerprint density at radius 1 is 0.969 bits per heavy atom. The molecule has 1 heterocycles. The smallest absolute Gasteiger partial charge is 0.306 e. The van der Waals surface area contributed by atoms with E-state index in [-0.39, 0.29) is 24.5 Å². The van der Waals surface area contributed by atoms with Crippen LogP contribution in [0.5, 0.6) is 0 Å². The van der Waals surface area contributed by atoms with Gasteiger partial charge in [-0.2, -0.15) is 0 Å². The Morgan fingerprint density at radius 2 is 1.62 bits per heavy atom. The molecule has 11 nitrogen and oxygen atoms in total. The molecule has 1 aliphatic heterocycles. The molecular formula is C20H31ClN4O7. The summed E-state index contributed by atoms with van der Waals surface area (Å²) in [6.07, 6.45) is 0.800. The van der Waals surface area contributed by atoms with Gasteiger partial charge in [0.2, 0.25) is 23.6 Å². The zero-order valence-electron chi connectivity index (χ0n) is 18.7. The molecule has 0 aromatic heterocycles. The summed E-state index contributed by atoms with van der Waals surface area (Å²) < 4.78 is 4.45. The number of likely N-dealkylation sites (tertiary alicyclic amines) is 1. The van der Waals surface area contributed by atoms with Crippen molar-refractivity contribution in [2.75, 3.05) is 19.5 Å². The summed E-state index contributed by atoms with van der Waals surface area (Å²) in [5, 5.41) is 7.54. The summed E-state index contributed by atoms with van der Waals surface area (Å²) >= 11 is 5.50. The van der Waals surface area contributed by atoms with Crippen LogP contribution in [0, 0.1) is 0 Å². The van der Waals surface area contributed by atoms with E-state index in [4.69, 9.17) is 11.6 Å². The van der Waals surface area contributed by atoms with Gasteiger partial charge in [-0.15, -0.1) is 11.6 Å². The van der Waals surface area contributed by atoms with Gasteiger partial charge in [-0.1, -0.05) is 0 Å². The number of carbonyl (C=O) groups is 6. The monoisotopic (exact) mass is 474 g/mol. The molecule has 3 N–H and O–H groups in total. The van der Waals surface area contributed by atoms with E-state index < -0.39 is 53.8 Å². The molecule has 0 aromatic carbocycles. The van der Waals surface area contributed by atoms with Gasteiger partial charge in [0.25, 0.3) is 0 Å². The first-order chi connectivity index (χ1) is 15.0. The van der Waals surface area contributed by atoms with Gasteiger partial charge in [0.15, 0.2) is 5.78 Å². The molecule has 0 saturated carbocycles. The molecule has 4 atom stereocenters. The van der Waals surface area contributed by atoms with E-state index in [0.717, 1.165) is 0 Å². The Kier molecular flexibility index (Phi) is 11.1. The van der Waals surface area contributed by atoms with Crippen molar-refractivity contribution in [2.24, 2.45) is 0 Å². The van der Waals surface area contributed by atoms with Gasteiger partial charge in [0.05, 0.1) is 25.5 Å². The number of amides is 4. The summed E-state index contributed by atoms with van der Waals surface area (Å²) in [6.45, 7) is 4.80. The average Bonchev–Trinajstić information content (AvgIpc) is 3.25. The third kappa shape index (κ3) is 8.10. The molecule has 0 radical (unpaired) electrons. The fourth-order valence-corrected chi connectivity index (χ4v) is 3.39. The van der Waals surface area contributed by atoms with Crippen LogP contribution in [0.2, 0.25) is 0 Å². The first kappa shape index (κ1) is 27.3. The van der Waals surface area contributed by atoms with E-state index in [1.54, 1.807) is 0 Å². The molecule has 4 amide bonds. The van der Waals surface area contributed by atoms with Crippen molar-refractivity contribution < 1.29 is 33.5 Å². The summed E-state index contributed by atoms with van der Waals surface area (Å²) in [6, 6.07) is -3.39. The van der Waals surface area contributed by atoms with Crippen LogP contribution in [-0.4, -0.2) is 84.0 Å².